The van der Waals surface area contributed by atoms with Crippen LogP contribution < -0.4 is 10.6 Å². The van der Waals surface area contributed by atoms with Crippen molar-refractivity contribution in [1.82, 2.24) is 14.5 Å². The summed E-state index contributed by atoms with van der Waals surface area (Å²) >= 11 is 7.17. The molecule has 1 fully saturated rings. The van der Waals surface area contributed by atoms with Crippen molar-refractivity contribution in [3.8, 4) is 11.1 Å². The summed E-state index contributed by atoms with van der Waals surface area (Å²) in [6.45, 7) is 7.69. The van der Waals surface area contributed by atoms with E-state index < -0.39 is 29.3 Å². The molecule has 0 aliphatic carbocycles. The number of nitrogens with zero attached hydrogens (tertiary/aromatic N) is 4. The van der Waals surface area contributed by atoms with Crippen molar-refractivity contribution < 1.29 is 31.8 Å². The standard InChI is InChI=1S/C29H29ClF4N4O4S/c1-5-23(39)36-10-16(3)37(11-15(36)2)27-19-9-20(29(32,33)34)24(17-6-7-22(31)21(30)8-17)26-25(19)38(28(40)35-27)18(13-43-26)12-42-14-41-4/h5-9,15-16,18H,1,10-14H2,2-4H3/t15-,16+,18+/m1/s1. The molecule has 3 atom stereocenters. The average molecular weight is 641 g/mol. The van der Waals surface area contributed by atoms with Gasteiger partial charge in [-0.3, -0.25) is 9.36 Å². The topological polar surface area (TPSA) is 76.9 Å². The Bertz CT molecular complexity index is 1650. The second-order valence-corrected chi connectivity index (χ2v) is 12.0. The lowest BCUT2D eigenvalue weighted by atomic mass is 9.95. The Balaban J connectivity index is 1.81. The fraction of sp³-hybridized carbons (Fsp3) is 0.414. The van der Waals surface area contributed by atoms with Crippen LogP contribution in [0.4, 0.5) is 23.4 Å². The van der Waals surface area contributed by atoms with Gasteiger partial charge in [-0.15, -0.1) is 11.8 Å². The fourth-order valence-corrected chi connectivity index (χ4v) is 7.21. The molecule has 3 aromatic rings. The maximum atomic E-state index is 14.8. The fourth-order valence-electron chi connectivity index (χ4n) is 5.71. The van der Waals surface area contributed by atoms with Gasteiger partial charge in [-0.2, -0.15) is 18.2 Å². The monoisotopic (exact) mass is 640 g/mol. The Morgan fingerprint density at radius 2 is 1.98 bits per heavy atom. The van der Waals surface area contributed by atoms with Crippen molar-refractivity contribution in [3.05, 3.63) is 63.8 Å². The molecule has 1 aromatic heterocycles. The van der Waals surface area contributed by atoms with E-state index in [-0.39, 0.29) is 88.0 Å². The quantitative estimate of drug-likeness (QED) is 0.141. The van der Waals surface area contributed by atoms with Crippen molar-refractivity contribution in [2.24, 2.45) is 0 Å². The van der Waals surface area contributed by atoms with Crippen LogP contribution in [0.2, 0.25) is 5.02 Å². The van der Waals surface area contributed by atoms with Gasteiger partial charge in [-0.05, 0) is 43.7 Å². The molecule has 0 spiro atoms. The first-order chi connectivity index (χ1) is 20.4. The van der Waals surface area contributed by atoms with E-state index in [2.05, 4.69) is 11.6 Å². The third-order valence-corrected chi connectivity index (χ3v) is 9.20. The van der Waals surface area contributed by atoms with E-state index in [4.69, 9.17) is 21.1 Å². The molecule has 14 heteroatoms. The van der Waals surface area contributed by atoms with Crippen LogP contribution in [-0.4, -0.2) is 71.8 Å². The van der Waals surface area contributed by atoms with Crippen LogP contribution in [-0.2, 0) is 20.4 Å². The van der Waals surface area contributed by atoms with E-state index in [0.29, 0.717) is 0 Å². The number of methoxy groups -OCH3 is 1. The lowest BCUT2D eigenvalue weighted by Crippen LogP contribution is -2.58. The van der Waals surface area contributed by atoms with Gasteiger partial charge in [0.2, 0.25) is 5.91 Å². The first-order valence-corrected chi connectivity index (χ1v) is 14.8. The molecule has 2 aromatic carbocycles. The minimum atomic E-state index is -4.81. The molecule has 1 saturated heterocycles. The van der Waals surface area contributed by atoms with Gasteiger partial charge >= 0.3 is 11.9 Å². The number of hydrogen-bond donors (Lipinski definition) is 0. The summed E-state index contributed by atoms with van der Waals surface area (Å²) in [6, 6.07) is 3.15. The summed E-state index contributed by atoms with van der Waals surface area (Å²) in [5.41, 5.74) is -1.48. The Hall–Kier alpha value is -3.13. The number of piperazine rings is 1. The highest BCUT2D eigenvalue weighted by Gasteiger charge is 2.40. The third-order valence-electron chi connectivity index (χ3n) is 7.67. The van der Waals surface area contributed by atoms with Gasteiger partial charge in [0, 0.05) is 53.9 Å². The number of alkyl halides is 3. The molecule has 0 saturated carbocycles. The highest BCUT2D eigenvalue weighted by Crippen LogP contribution is 2.50. The predicted molar refractivity (Wildman–Crippen MR) is 157 cm³/mol. The van der Waals surface area contributed by atoms with Gasteiger partial charge in [-0.1, -0.05) is 24.2 Å². The summed E-state index contributed by atoms with van der Waals surface area (Å²) < 4.78 is 70.4. The van der Waals surface area contributed by atoms with Crippen molar-refractivity contribution in [2.75, 3.05) is 44.3 Å². The number of carbonyl (C=O) groups excluding carboxylic acids is 1. The molecule has 230 valence electrons. The zero-order valence-corrected chi connectivity index (χ0v) is 25.2. The molecule has 0 N–H and O–H groups in total. The Kier molecular flexibility index (Phi) is 8.81. The largest absolute Gasteiger partial charge is 0.417 e. The molecule has 0 bridgehead atoms. The summed E-state index contributed by atoms with van der Waals surface area (Å²) in [7, 11) is 1.45. The van der Waals surface area contributed by atoms with Crippen molar-refractivity contribution in [3.63, 3.8) is 0 Å². The number of amides is 1. The number of halogens is 5. The molecule has 8 nitrogen and oxygen atoms in total. The van der Waals surface area contributed by atoms with Crippen LogP contribution in [0.1, 0.15) is 25.5 Å². The van der Waals surface area contributed by atoms with Crippen LogP contribution in [0, 0.1) is 5.82 Å². The molecular weight excluding hydrogens is 612 g/mol. The number of thioether (sulfide) groups is 1. The maximum absolute atomic E-state index is 14.8. The number of anilines is 1. The van der Waals surface area contributed by atoms with E-state index in [1.54, 1.807) is 9.80 Å². The lowest BCUT2D eigenvalue weighted by molar-refractivity contribution is -0.137. The van der Waals surface area contributed by atoms with E-state index in [1.807, 2.05) is 13.8 Å². The van der Waals surface area contributed by atoms with Gasteiger partial charge in [0.25, 0.3) is 0 Å². The van der Waals surface area contributed by atoms with Crippen molar-refractivity contribution >= 4 is 46.0 Å². The molecular formula is C29H29ClF4N4O4S. The molecule has 0 radical (unpaired) electrons. The zero-order valence-electron chi connectivity index (χ0n) is 23.6. The first kappa shape index (κ1) is 31.3. The Morgan fingerprint density at radius 3 is 2.63 bits per heavy atom. The van der Waals surface area contributed by atoms with Crippen molar-refractivity contribution in [1.29, 1.82) is 0 Å². The number of carbonyl (C=O) groups is 1. The minimum absolute atomic E-state index is 0.0348. The second-order valence-electron chi connectivity index (χ2n) is 10.5. The van der Waals surface area contributed by atoms with Gasteiger partial charge in [0.05, 0.1) is 28.8 Å². The summed E-state index contributed by atoms with van der Waals surface area (Å²) in [5, 5.41) is -0.197. The first-order valence-electron chi connectivity index (χ1n) is 13.4. The van der Waals surface area contributed by atoms with Gasteiger partial charge in [0.15, 0.2) is 0 Å². The average Bonchev–Trinajstić information content (AvgIpc) is 2.96. The zero-order chi connectivity index (χ0) is 31.2. The van der Waals surface area contributed by atoms with E-state index >= 15 is 0 Å². The van der Waals surface area contributed by atoms with Crippen LogP contribution in [0.3, 0.4) is 0 Å². The summed E-state index contributed by atoms with van der Waals surface area (Å²) in [4.78, 5) is 34.1. The van der Waals surface area contributed by atoms with Crippen LogP contribution >= 0.6 is 23.4 Å². The molecule has 0 unspecified atom stereocenters. The molecule has 2 aliphatic heterocycles. The number of rotatable bonds is 7. The number of benzene rings is 2. The third kappa shape index (κ3) is 5.75. The van der Waals surface area contributed by atoms with Crippen LogP contribution in [0.5, 0.6) is 0 Å². The lowest BCUT2D eigenvalue weighted by Gasteiger charge is -2.45. The number of hydrogen-bond acceptors (Lipinski definition) is 7. The van der Waals surface area contributed by atoms with Gasteiger partial charge in [-0.25, -0.2) is 9.18 Å². The second kappa shape index (κ2) is 12.1. The number of ether oxygens (including phenoxy) is 2. The molecule has 2 aliphatic rings. The highest BCUT2D eigenvalue weighted by atomic mass is 35.5. The summed E-state index contributed by atoms with van der Waals surface area (Å²) in [5.74, 6) is -0.722. The molecule has 5 rings (SSSR count). The van der Waals surface area contributed by atoms with Crippen molar-refractivity contribution in [2.45, 2.75) is 43.0 Å². The summed E-state index contributed by atoms with van der Waals surface area (Å²) in [6.07, 6.45) is -3.60. The van der Waals surface area contributed by atoms with Gasteiger partial charge in [0.1, 0.15) is 18.4 Å². The molecule has 1 amide bonds. The predicted octanol–water partition coefficient (Wildman–Crippen LogP) is 5.75. The van der Waals surface area contributed by atoms with Crippen LogP contribution in [0.25, 0.3) is 22.0 Å². The number of aromatic nitrogens is 2. The molecule has 43 heavy (non-hydrogen) atoms. The minimum Gasteiger partial charge on any atom is -0.359 e. The smallest absolute Gasteiger partial charge is 0.359 e. The van der Waals surface area contributed by atoms with Crippen LogP contribution in [0.15, 0.2) is 46.6 Å². The van der Waals surface area contributed by atoms with E-state index in [9.17, 15) is 27.2 Å². The molecule has 3 heterocycles. The Labute approximate surface area is 254 Å². The Morgan fingerprint density at radius 1 is 1.23 bits per heavy atom. The van der Waals surface area contributed by atoms with E-state index in [0.717, 1.165) is 30.0 Å². The highest BCUT2D eigenvalue weighted by molar-refractivity contribution is 7.99. The van der Waals surface area contributed by atoms with E-state index in [1.165, 1.54) is 23.8 Å². The SMILES string of the molecule is C=CC(=O)N1C[C@H](C)N(c2nc(=O)n3c4c(c(-c5ccc(F)c(Cl)c5)c(C(F)(F)F)cc24)SC[C@@H]3COCOC)C[C@H]1C. The normalized spacial score (nSPS) is 20.5. The van der Waals surface area contributed by atoms with Gasteiger partial charge < -0.3 is 19.3 Å². The maximum Gasteiger partial charge on any atom is 0.417 e.